The van der Waals surface area contributed by atoms with Crippen molar-refractivity contribution in [2.24, 2.45) is 7.05 Å². The number of halogens is 1. The van der Waals surface area contributed by atoms with Gasteiger partial charge in [0.25, 0.3) is 0 Å². The third-order valence-corrected chi connectivity index (χ3v) is 4.48. The molecule has 118 valence electrons. The van der Waals surface area contributed by atoms with E-state index < -0.39 is 5.60 Å². The maximum absolute atomic E-state index is 11.9. The number of rotatable bonds is 5. The third kappa shape index (κ3) is 3.76. The average molecular weight is 340 g/mol. The molecule has 22 heavy (non-hydrogen) atoms. The standard InChI is InChI=1S/C15H18ClN3O2S/c1-10-12(14(16)19(3)18-10)4-5-13(20)17-9-15(2,21)11-6-7-22-8-11/h4-8,21H,9H2,1-3H3,(H,17,20)/b5-4+/t15-/m1/s1. The van der Waals surface area contributed by atoms with Crippen molar-refractivity contribution >= 4 is 34.9 Å². The summed E-state index contributed by atoms with van der Waals surface area (Å²) >= 11 is 7.60. The highest BCUT2D eigenvalue weighted by Crippen LogP contribution is 2.22. The Labute approximate surface area is 138 Å². The lowest BCUT2D eigenvalue weighted by atomic mass is 9.99. The normalized spacial score (nSPS) is 14.2. The minimum atomic E-state index is -1.09. The van der Waals surface area contributed by atoms with Crippen molar-refractivity contribution in [1.29, 1.82) is 0 Å². The Hall–Kier alpha value is -1.63. The maximum Gasteiger partial charge on any atom is 0.244 e. The smallest absolute Gasteiger partial charge is 0.244 e. The third-order valence-electron chi connectivity index (χ3n) is 3.35. The highest BCUT2D eigenvalue weighted by atomic mass is 35.5. The molecule has 0 radical (unpaired) electrons. The summed E-state index contributed by atoms with van der Waals surface area (Å²) in [6, 6.07) is 1.84. The van der Waals surface area contributed by atoms with Crippen molar-refractivity contribution in [3.05, 3.63) is 44.9 Å². The predicted molar refractivity (Wildman–Crippen MR) is 88.9 cm³/mol. The fourth-order valence-corrected chi connectivity index (χ4v) is 3.01. The number of aryl methyl sites for hydroxylation is 2. The molecule has 0 spiro atoms. The maximum atomic E-state index is 11.9. The van der Waals surface area contributed by atoms with Crippen molar-refractivity contribution < 1.29 is 9.90 Å². The van der Waals surface area contributed by atoms with E-state index in [0.717, 1.165) is 11.3 Å². The summed E-state index contributed by atoms with van der Waals surface area (Å²) in [6.07, 6.45) is 3.01. The van der Waals surface area contributed by atoms with E-state index in [1.54, 1.807) is 24.7 Å². The lowest BCUT2D eigenvalue weighted by molar-refractivity contribution is -0.117. The van der Waals surface area contributed by atoms with Gasteiger partial charge in [-0.25, -0.2) is 0 Å². The summed E-state index contributed by atoms with van der Waals surface area (Å²) in [5, 5.41) is 21.4. The number of nitrogens with zero attached hydrogens (tertiary/aromatic N) is 2. The van der Waals surface area contributed by atoms with E-state index in [2.05, 4.69) is 10.4 Å². The van der Waals surface area contributed by atoms with Crippen LogP contribution in [0.25, 0.3) is 6.08 Å². The van der Waals surface area contributed by atoms with Crippen LogP contribution in [0.1, 0.15) is 23.7 Å². The van der Waals surface area contributed by atoms with Gasteiger partial charge in [0.2, 0.25) is 5.91 Å². The minimum absolute atomic E-state index is 0.132. The number of carbonyl (C=O) groups excluding carboxylic acids is 1. The van der Waals surface area contributed by atoms with Crippen LogP contribution in [0.2, 0.25) is 5.15 Å². The van der Waals surface area contributed by atoms with Crippen molar-refractivity contribution in [2.75, 3.05) is 6.54 Å². The number of amides is 1. The zero-order chi connectivity index (χ0) is 16.3. The van der Waals surface area contributed by atoms with Gasteiger partial charge in [0, 0.05) is 18.7 Å². The SMILES string of the molecule is Cc1nn(C)c(Cl)c1/C=C/C(=O)NC[C@@](C)(O)c1ccsc1. The molecule has 2 aromatic heterocycles. The van der Waals surface area contributed by atoms with Crippen molar-refractivity contribution in [1.82, 2.24) is 15.1 Å². The van der Waals surface area contributed by atoms with Crippen LogP contribution >= 0.6 is 22.9 Å². The Morgan fingerprint density at radius 1 is 1.64 bits per heavy atom. The molecule has 0 aliphatic rings. The first kappa shape index (κ1) is 16.7. The zero-order valence-corrected chi connectivity index (χ0v) is 14.2. The second-order valence-corrected chi connectivity index (χ2v) is 6.39. The number of hydrogen-bond donors (Lipinski definition) is 2. The van der Waals surface area contributed by atoms with E-state index in [-0.39, 0.29) is 12.5 Å². The molecule has 2 heterocycles. The summed E-state index contributed by atoms with van der Waals surface area (Å²) in [6.45, 7) is 3.62. The first-order valence-electron chi connectivity index (χ1n) is 6.71. The largest absolute Gasteiger partial charge is 0.384 e. The van der Waals surface area contributed by atoms with Gasteiger partial charge < -0.3 is 10.4 Å². The van der Waals surface area contributed by atoms with Crippen LogP contribution in [0.15, 0.2) is 22.9 Å². The van der Waals surface area contributed by atoms with Crippen molar-refractivity contribution in [3.8, 4) is 0 Å². The summed E-state index contributed by atoms with van der Waals surface area (Å²) < 4.78 is 1.55. The Morgan fingerprint density at radius 2 is 2.36 bits per heavy atom. The predicted octanol–water partition coefficient (Wildman–Crippen LogP) is 2.48. The molecular formula is C15H18ClN3O2S. The van der Waals surface area contributed by atoms with Crippen LogP contribution in [0.3, 0.4) is 0 Å². The van der Waals surface area contributed by atoms with Gasteiger partial charge in [0.15, 0.2) is 0 Å². The Bertz CT molecular complexity index is 690. The fourth-order valence-electron chi connectivity index (χ4n) is 1.99. The second kappa shape index (κ2) is 6.64. The Balaban J connectivity index is 1.97. The monoisotopic (exact) mass is 339 g/mol. The van der Waals surface area contributed by atoms with Crippen LogP contribution in [0.5, 0.6) is 0 Å². The molecule has 0 unspecified atom stereocenters. The van der Waals surface area contributed by atoms with Crippen LogP contribution < -0.4 is 5.32 Å². The average Bonchev–Trinajstić information content (AvgIpc) is 3.06. The number of thiophene rings is 1. The number of aromatic nitrogens is 2. The molecule has 0 aliphatic carbocycles. The van der Waals surface area contributed by atoms with Crippen LogP contribution in [0.4, 0.5) is 0 Å². The van der Waals surface area contributed by atoms with Gasteiger partial charge in [-0.15, -0.1) is 0 Å². The lowest BCUT2D eigenvalue weighted by Gasteiger charge is -2.22. The molecule has 2 aromatic rings. The summed E-state index contributed by atoms with van der Waals surface area (Å²) in [7, 11) is 1.74. The Kier molecular flexibility index (Phi) is 5.05. The van der Waals surface area contributed by atoms with E-state index in [4.69, 9.17) is 11.6 Å². The lowest BCUT2D eigenvalue weighted by Crippen LogP contribution is -2.37. The van der Waals surface area contributed by atoms with Gasteiger partial charge in [0.1, 0.15) is 10.8 Å². The first-order chi connectivity index (χ1) is 10.3. The zero-order valence-electron chi connectivity index (χ0n) is 12.6. The van der Waals surface area contributed by atoms with Crippen molar-refractivity contribution in [3.63, 3.8) is 0 Å². The van der Waals surface area contributed by atoms with Crippen LogP contribution in [-0.4, -0.2) is 27.3 Å². The molecule has 5 nitrogen and oxygen atoms in total. The number of carbonyl (C=O) groups is 1. The molecule has 0 saturated carbocycles. The summed E-state index contributed by atoms with van der Waals surface area (Å²) in [4.78, 5) is 11.9. The number of hydrogen-bond acceptors (Lipinski definition) is 4. The molecule has 0 aliphatic heterocycles. The molecule has 0 aromatic carbocycles. The topological polar surface area (TPSA) is 67.2 Å². The minimum Gasteiger partial charge on any atom is -0.384 e. The van der Waals surface area contributed by atoms with Gasteiger partial charge >= 0.3 is 0 Å². The highest BCUT2D eigenvalue weighted by molar-refractivity contribution is 7.08. The van der Waals surface area contributed by atoms with E-state index in [1.165, 1.54) is 17.4 Å². The molecule has 0 saturated heterocycles. The summed E-state index contributed by atoms with van der Waals surface area (Å²) in [5.41, 5.74) is 1.16. The van der Waals surface area contributed by atoms with E-state index >= 15 is 0 Å². The number of nitrogens with one attached hydrogen (secondary N) is 1. The van der Waals surface area contributed by atoms with E-state index in [9.17, 15) is 9.90 Å². The fraction of sp³-hybridized carbons (Fsp3) is 0.333. The number of aliphatic hydroxyl groups is 1. The van der Waals surface area contributed by atoms with Crippen molar-refractivity contribution in [2.45, 2.75) is 19.4 Å². The molecule has 0 bridgehead atoms. The van der Waals surface area contributed by atoms with Gasteiger partial charge in [-0.3, -0.25) is 9.48 Å². The molecule has 0 fully saturated rings. The van der Waals surface area contributed by atoms with Gasteiger partial charge in [-0.2, -0.15) is 16.4 Å². The molecule has 1 atom stereocenters. The van der Waals surface area contributed by atoms with E-state index in [0.29, 0.717) is 10.7 Å². The quantitative estimate of drug-likeness (QED) is 0.822. The second-order valence-electron chi connectivity index (χ2n) is 5.25. The van der Waals surface area contributed by atoms with Crippen LogP contribution in [0, 0.1) is 6.92 Å². The van der Waals surface area contributed by atoms with Gasteiger partial charge in [0.05, 0.1) is 12.2 Å². The molecule has 2 rings (SSSR count). The van der Waals surface area contributed by atoms with Crippen LogP contribution in [-0.2, 0) is 17.4 Å². The first-order valence-corrected chi connectivity index (χ1v) is 8.03. The highest BCUT2D eigenvalue weighted by Gasteiger charge is 2.23. The molecule has 1 amide bonds. The summed E-state index contributed by atoms with van der Waals surface area (Å²) in [5.74, 6) is -0.296. The Morgan fingerprint density at radius 3 is 2.91 bits per heavy atom. The molecular weight excluding hydrogens is 322 g/mol. The molecule has 7 heteroatoms. The van der Waals surface area contributed by atoms with E-state index in [1.807, 2.05) is 23.8 Å². The van der Waals surface area contributed by atoms with Gasteiger partial charge in [-0.1, -0.05) is 11.6 Å². The molecule has 2 N–H and O–H groups in total. The van der Waals surface area contributed by atoms with Gasteiger partial charge in [-0.05, 0) is 42.3 Å².